The van der Waals surface area contributed by atoms with E-state index in [1.165, 1.54) is 33.0 Å². The molecule has 0 atom stereocenters. The monoisotopic (exact) mass is 480 g/mol. The number of fused-ring (bicyclic) bond motifs is 1. The summed E-state index contributed by atoms with van der Waals surface area (Å²) >= 11 is 2.58. The Bertz CT molecular complexity index is 1070. The standard InChI is InChI=1S/C20H17NOSSe2/c1-3-21-16-12-14(22)5-9-18(16)25-20(21)11-7-15-6-10-19(24-15)17-8-4-13(2)23-17/h4-12H,3H2,1-2H3/p+1/b11-7+. The van der Waals surface area contributed by atoms with Gasteiger partial charge < -0.3 is 0 Å². The van der Waals surface area contributed by atoms with Crippen LogP contribution in [0, 0.1) is 6.92 Å². The molecule has 0 aliphatic rings. The number of hydrogen-bond donors (Lipinski definition) is 1. The quantitative estimate of drug-likeness (QED) is 0.346. The van der Waals surface area contributed by atoms with Gasteiger partial charge in [-0.1, -0.05) is 0 Å². The van der Waals surface area contributed by atoms with E-state index >= 15 is 0 Å². The molecule has 2 nitrogen and oxygen atoms in total. The number of aromatic nitrogens is 1. The fourth-order valence-corrected chi connectivity index (χ4v) is 8.17. The van der Waals surface area contributed by atoms with E-state index in [0.29, 0.717) is 34.8 Å². The van der Waals surface area contributed by atoms with Gasteiger partial charge in [0.05, 0.1) is 0 Å². The van der Waals surface area contributed by atoms with Crippen molar-refractivity contribution in [1.29, 1.82) is 0 Å². The Morgan fingerprint density at radius 2 is 1.96 bits per heavy atom. The number of nitrogens with zero attached hydrogens (tertiary/aromatic N) is 1. The van der Waals surface area contributed by atoms with E-state index in [1.54, 1.807) is 6.07 Å². The summed E-state index contributed by atoms with van der Waals surface area (Å²) in [6.45, 7) is 5.26. The van der Waals surface area contributed by atoms with E-state index in [2.05, 4.69) is 60.9 Å². The van der Waals surface area contributed by atoms with E-state index in [-0.39, 0.29) is 0 Å². The summed E-state index contributed by atoms with van der Waals surface area (Å²) in [5.41, 5.74) is 1.17. The van der Waals surface area contributed by atoms with Crippen LogP contribution in [0.3, 0.4) is 0 Å². The number of aromatic hydroxyl groups is 1. The van der Waals surface area contributed by atoms with Crippen molar-refractivity contribution < 1.29 is 9.67 Å². The number of hydrogen-bond acceptors (Lipinski definition) is 2. The van der Waals surface area contributed by atoms with Crippen LogP contribution >= 0.6 is 11.3 Å². The molecule has 0 unspecified atom stereocenters. The van der Waals surface area contributed by atoms with E-state index < -0.39 is 0 Å². The van der Waals surface area contributed by atoms with Crippen molar-refractivity contribution in [3.8, 4) is 15.1 Å². The summed E-state index contributed by atoms with van der Waals surface area (Å²) in [7, 11) is 0. The molecule has 126 valence electrons. The Morgan fingerprint density at radius 3 is 2.72 bits per heavy atom. The van der Waals surface area contributed by atoms with Gasteiger partial charge >= 0.3 is 164 Å². The summed E-state index contributed by atoms with van der Waals surface area (Å²) in [6.07, 6.45) is 4.57. The van der Waals surface area contributed by atoms with Crippen LogP contribution in [0.15, 0.2) is 42.5 Å². The van der Waals surface area contributed by atoms with Gasteiger partial charge in [-0.2, -0.15) is 0 Å². The molecule has 1 N–H and O–H groups in total. The van der Waals surface area contributed by atoms with Crippen molar-refractivity contribution in [3.63, 3.8) is 0 Å². The molecule has 0 aliphatic heterocycles. The van der Waals surface area contributed by atoms with Crippen molar-refractivity contribution in [2.45, 2.75) is 20.4 Å². The molecule has 4 rings (SSSR count). The molecule has 5 heteroatoms. The summed E-state index contributed by atoms with van der Waals surface area (Å²) in [5, 5.41) is 9.78. The molecule has 0 spiro atoms. The van der Waals surface area contributed by atoms with Crippen LogP contribution in [0.4, 0.5) is 0 Å². The van der Waals surface area contributed by atoms with Crippen LogP contribution < -0.4 is 4.57 Å². The molecule has 25 heavy (non-hydrogen) atoms. The Balaban J connectivity index is 1.66. The maximum absolute atomic E-state index is 9.78. The normalized spacial score (nSPS) is 11.8. The molecule has 0 aliphatic carbocycles. The SMILES string of the molecule is CC[n+]1c(/C=C/c2ccc(-c3ccc(C)s3)[se]2)[se]c2ccc(O)cc21. The van der Waals surface area contributed by atoms with Crippen molar-refractivity contribution >= 4 is 62.3 Å². The molecular weight excluding hydrogens is 460 g/mol. The number of thiophene rings is 1. The second kappa shape index (κ2) is 7.11. The summed E-state index contributed by atoms with van der Waals surface area (Å²) < 4.78 is 7.95. The van der Waals surface area contributed by atoms with Gasteiger partial charge in [-0.15, -0.1) is 0 Å². The van der Waals surface area contributed by atoms with Gasteiger partial charge in [0.2, 0.25) is 0 Å². The van der Waals surface area contributed by atoms with E-state index in [9.17, 15) is 5.11 Å². The average molecular weight is 478 g/mol. The second-order valence-electron chi connectivity index (χ2n) is 5.78. The zero-order valence-corrected chi connectivity index (χ0v) is 18.3. The van der Waals surface area contributed by atoms with Crippen LogP contribution in [0.25, 0.3) is 31.2 Å². The van der Waals surface area contributed by atoms with Crippen molar-refractivity contribution in [3.05, 3.63) is 56.3 Å². The minimum atomic E-state index is 0.308. The minimum absolute atomic E-state index is 0.308. The predicted octanol–water partition coefficient (Wildman–Crippen LogP) is 4.17. The molecule has 0 amide bonds. The first-order chi connectivity index (χ1) is 12.1. The van der Waals surface area contributed by atoms with E-state index in [4.69, 9.17) is 0 Å². The fourth-order valence-electron chi connectivity index (χ4n) is 2.83. The number of phenols is 1. The summed E-state index contributed by atoms with van der Waals surface area (Å²) in [6, 6.07) is 14.7. The summed E-state index contributed by atoms with van der Waals surface area (Å²) in [4.78, 5) is 2.78. The zero-order chi connectivity index (χ0) is 17.4. The molecule has 3 aromatic heterocycles. The van der Waals surface area contributed by atoms with Crippen LogP contribution in [-0.2, 0) is 6.54 Å². The number of phenolic OH excluding ortho intramolecular Hbond substituents is 1. The van der Waals surface area contributed by atoms with Gasteiger partial charge in [0.15, 0.2) is 0 Å². The van der Waals surface area contributed by atoms with Gasteiger partial charge in [-0.3, -0.25) is 0 Å². The Hall–Kier alpha value is -1.35. The molecule has 0 bridgehead atoms. The number of rotatable bonds is 4. The third-order valence-electron chi connectivity index (χ3n) is 4.03. The Kier molecular flexibility index (Phi) is 4.86. The van der Waals surface area contributed by atoms with Gasteiger partial charge in [0, 0.05) is 0 Å². The molecule has 0 radical (unpaired) electrons. The summed E-state index contributed by atoms with van der Waals surface area (Å²) in [5.74, 6) is 0.347. The van der Waals surface area contributed by atoms with Gasteiger partial charge in [-0.25, -0.2) is 0 Å². The van der Waals surface area contributed by atoms with Crippen molar-refractivity contribution in [2.24, 2.45) is 0 Å². The third kappa shape index (κ3) is 3.48. The first-order valence-electron chi connectivity index (χ1n) is 8.14. The molecule has 4 aromatic rings. The maximum atomic E-state index is 9.78. The number of aryl methyl sites for hydroxylation is 2. The fraction of sp³-hybridized carbons (Fsp3) is 0.150. The first kappa shape index (κ1) is 17.1. The van der Waals surface area contributed by atoms with Crippen LogP contribution in [0.2, 0.25) is 0 Å². The van der Waals surface area contributed by atoms with Gasteiger partial charge in [0.1, 0.15) is 0 Å². The second-order valence-corrected chi connectivity index (χ2v) is 11.6. The van der Waals surface area contributed by atoms with E-state index in [1.807, 2.05) is 17.4 Å². The zero-order valence-electron chi connectivity index (χ0n) is 14.0. The molecular formula is C20H18NOSSe2+. The molecule has 3 heterocycles. The van der Waals surface area contributed by atoms with Gasteiger partial charge in [-0.05, 0) is 0 Å². The van der Waals surface area contributed by atoms with Crippen molar-refractivity contribution in [2.75, 3.05) is 0 Å². The molecule has 0 saturated heterocycles. The topological polar surface area (TPSA) is 24.1 Å². The Labute approximate surface area is 163 Å². The predicted molar refractivity (Wildman–Crippen MR) is 109 cm³/mol. The molecule has 1 aromatic carbocycles. The van der Waals surface area contributed by atoms with Crippen LogP contribution in [0.5, 0.6) is 5.75 Å². The molecule has 0 saturated carbocycles. The Morgan fingerprint density at radius 1 is 1.08 bits per heavy atom. The van der Waals surface area contributed by atoms with Crippen molar-refractivity contribution in [1.82, 2.24) is 0 Å². The van der Waals surface area contributed by atoms with Crippen LogP contribution in [0.1, 0.15) is 20.8 Å². The average Bonchev–Trinajstić information content (AvgIpc) is 3.30. The van der Waals surface area contributed by atoms with Gasteiger partial charge in [0.25, 0.3) is 0 Å². The molecule has 0 fully saturated rings. The van der Waals surface area contributed by atoms with E-state index in [0.717, 1.165) is 6.54 Å². The first-order valence-corrected chi connectivity index (χ1v) is 12.4. The number of benzene rings is 1. The third-order valence-corrected chi connectivity index (χ3v) is 10.0. The van der Waals surface area contributed by atoms with Crippen LogP contribution in [-0.4, -0.2) is 34.1 Å².